The average Bonchev–Trinajstić information content (AvgIpc) is 2.35. The lowest BCUT2D eigenvalue weighted by molar-refractivity contribution is 0.398. The molecule has 0 N–H and O–H groups in total. The number of nitrogens with zero attached hydrogens (tertiary/aromatic N) is 1. The van der Waals surface area contributed by atoms with Crippen molar-refractivity contribution in [3.63, 3.8) is 0 Å². The largest absolute Gasteiger partial charge is 0.214 e. The lowest BCUT2D eigenvalue weighted by Crippen LogP contribution is -2.31. The van der Waals surface area contributed by atoms with Crippen molar-refractivity contribution in [2.75, 3.05) is 18.7 Å². The number of rotatable bonds is 6. The van der Waals surface area contributed by atoms with Gasteiger partial charge in [0.25, 0.3) is 0 Å². The second-order valence-electron chi connectivity index (χ2n) is 3.96. The summed E-state index contributed by atoms with van der Waals surface area (Å²) in [4.78, 5) is 0. The standard InChI is InChI=1S/C12H18ClNO2S/c1-11(12-7-4-3-5-8-12)14(2)17(15,16)10-6-9-13/h3-5,7-8,11H,6,9-10H2,1-2H3. The van der Waals surface area contributed by atoms with E-state index in [1.807, 2.05) is 37.3 Å². The lowest BCUT2D eigenvalue weighted by Gasteiger charge is -2.24. The maximum Gasteiger partial charge on any atom is 0.214 e. The Hall–Kier alpha value is -0.580. The molecule has 0 aliphatic carbocycles. The molecule has 17 heavy (non-hydrogen) atoms. The quantitative estimate of drug-likeness (QED) is 0.749. The molecule has 1 atom stereocenters. The predicted octanol–water partition coefficient (Wildman–Crippen LogP) is 2.64. The van der Waals surface area contributed by atoms with E-state index < -0.39 is 10.0 Å². The Morgan fingerprint density at radius 3 is 2.41 bits per heavy atom. The van der Waals surface area contributed by atoms with Crippen LogP contribution in [0.1, 0.15) is 24.9 Å². The van der Waals surface area contributed by atoms with Gasteiger partial charge in [0.1, 0.15) is 0 Å². The fraction of sp³-hybridized carbons (Fsp3) is 0.500. The summed E-state index contributed by atoms with van der Waals surface area (Å²) in [5.41, 5.74) is 0.990. The van der Waals surface area contributed by atoms with E-state index in [4.69, 9.17) is 11.6 Å². The molecule has 1 rings (SSSR count). The third-order valence-corrected chi connectivity index (χ3v) is 5.07. The maximum atomic E-state index is 12.0. The monoisotopic (exact) mass is 275 g/mol. The molecule has 1 aromatic rings. The van der Waals surface area contributed by atoms with Crippen LogP contribution in [0, 0.1) is 0 Å². The van der Waals surface area contributed by atoms with E-state index in [-0.39, 0.29) is 11.8 Å². The highest BCUT2D eigenvalue weighted by atomic mass is 35.5. The summed E-state index contributed by atoms with van der Waals surface area (Å²) in [5, 5.41) is 0. The van der Waals surface area contributed by atoms with Gasteiger partial charge in [0.05, 0.1) is 5.75 Å². The summed E-state index contributed by atoms with van der Waals surface area (Å²) < 4.78 is 25.4. The molecule has 1 aromatic carbocycles. The van der Waals surface area contributed by atoms with E-state index in [1.54, 1.807) is 7.05 Å². The Morgan fingerprint density at radius 1 is 1.29 bits per heavy atom. The first-order chi connectivity index (χ1) is 7.99. The Morgan fingerprint density at radius 2 is 1.88 bits per heavy atom. The van der Waals surface area contributed by atoms with Gasteiger partial charge in [-0.2, -0.15) is 4.31 Å². The van der Waals surface area contributed by atoms with Crippen molar-refractivity contribution in [2.45, 2.75) is 19.4 Å². The second-order valence-corrected chi connectivity index (χ2v) is 6.49. The van der Waals surface area contributed by atoms with E-state index in [0.29, 0.717) is 12.3 Å². The summed E-state index contributed by atoms with van der Waals surface area (Å²) in [6, 6.07) is 9.43. The molecule has 0 heterocycles. The maximum absolute atomic E-state index is 12.0. The van der Waals surface area contributed by atoms with Gasteiger partial charge < -0.3 is 0 Å². The molecule has 0 radical (unpaired) electrons. The normalized spacial score (nSPS) is 13.9. The van der Waals surface area contributed by atoms with E-state index in [0.717, 1.165) is 5.56 Å². The topological polar surface area (TPSA) is 37.4 Å². The molecule has 96 valence electrons. The van der Waals surface area contributed by atoms with E-state index >= 15 is 0 Å². The summed E-state index contributed by atoms with van der Waals surface area (Å²) in [7, 11) is -1.61. The minimum Gasteiger partial charge on any atom is -0.212 e. The zero-order valence-corrected chi connectivity index (χ0v) is 11.7. The van der Waals surface area contributed by atoms with Crippen molar-refractivity contribution in [2.24, 2.45) is 0 Å². The lowest BCUT2D eigenvalue weighted by atomic mass is 10.1. The molecule has 0 saturated heterocycles. The van der Waals surface area contributed by atoms with Crippen molar-refractivity contribution in [1.82, 2.24) is 4.31 Å². The first kappa shape index (κ1) is 14.5. The molecule has 0 bridgehead atoms. The SMILES string of the molecule is CC(c1ccccc1)N(C)S(=O)(=O)CCCCl. The first-order valence-corrected chi connectivity index (χ1v) is 7.70. The van der Waals surface area contributed by atoms with Crippen molar-refractivity contribution in [1.29, 1.82) is 0 Å². The van der Waals surface area contributed by atoms with Crippen LogP contribution >= 0.6 is 11.6 Å². The van der Waals surface area contributed by atoms with Gasteiger partial charge in [-0.3, -0.25) is 0 Å². The zero-order valence-electron chi connectivity index (χ0n) is 10.1. The molecule has 0 aliphatic rings. The van der Waals surface area contributed by atoms with Crippen molar-refractivity contribution < 1.29 is 8.42 Å². The summed E-state index contributed by atoms with van der Waals surface area (Å²) in [6.45, 7) is 1.88. The number of benzene rings is 1. The van der Waals surface area contributed by atoms with Gasteiger partial charge in [0.15, 0.2) is 0 Å². The number of hydrogen-bond acceptors (Lipinski definition) is 2. The van der Waals surface area contributed by atoms with E-state index in [9.17, 15) is 8.42 Å². The number of halogens is 1. The predicted molar refractivity (Wildman–Crippen MR) is 71.7 cm³/mol. The summed E-state index contributed by atoms with van der Waals surface area (Å²) in [6.07, 6.45) is 0.482. The molecule has 5 heteroatoms. The number of sulfonamides is 1. The van der Waals surface area contributed by atoms with Crippen LogP contribution in [0.5, 0.6) is 0 Å². The molecule has 3 nitrogen and oxygen atoms in total. The fourth-order valence-electron chi connectivity index (χ4n) is 1.56. The molecular weight excluding hydrogens is 258 g/mol. The van der Waals surface area contributed by atoms with Gasteiger partial charge in [-0.05, 0) is 18.9 Å². The van der Waals surface area contributed by atoms with Crippen LogP contribution in [-0.2, 0) is 10.0 Å². The van der Waals surface area contributed by atoms with Crippen LogP contribution in [0.4, 0.5) is 0 Å². The van der Waals surface area contributed by atoms with Gasteiger partial charge in [-0.1, -0.05) is 30.3 Å². The van der Waals surface area contributed by atoms with Gasteiger partial charge in [0, 0.05) is 19.0 Å². The third kappa shape index (κ3) is 3.98. The smallest absolute Gasteiger partial charge is 0.212 e. The Kier molecular flexibility index (Phi) is 5.43. The second kappa shape index (κ2) is 6.38. The highest BCUT2D eigenvalue weighted by molar-refractivity contribution is 7.89. The summed E-state index contributed by atoms with van der Waals surface area (Å²) >= 11 is 5.53. The van der Waals surface area contributed by atoms with Crippen molar-refractivity contribution in [3.8, 4) is 0 Å². The molecule has 0 fully saturated rings. The van der Waals surface area contributed by atoms with E-state index in [2.05, 4.69) is 0 Å². The first-order valence-electron chi connectivity index (χ1n) is 5.55. The van der Waals surface area contributed by atoms with Crippen LogP contribution in [0.15, 0.2) is 30.3 Å². The zero-order chi connectivity index (χ0) is 12.9. The van der Waals surface area contributed by atoms with Crippen LogP contribution in [-0.4, -0.2) is 31.4 Å². The molecule has 0 saturated carbocycles. The number of hydrogen-bond donors (Lipinski definition) is 0. The Bertz CT molecular complexity index is 433. The molecule has 1 unspecified atom stereocenters. The van der Waals surface area contributed by atoms with Crippen LogP contribution in [0.25, 0.3) is 0 Å². The van der Waals surface area contributed by atoms with Gasteiger partial charge in [-0.15, -0.1) is 11.6 Å². The third-order valence-electron chi connectivity index (χ3n) is 2.80. The molecule has 0 amide bonds. The van der Waals surface area contributed by atoms with Crippen LogP contribution in [0.2, 0.25) is 0 Å². The van der Waals surface area contributed by atoms with Crippen molar-refractivity contribution >= 4 is 21.6 Å². The fourth-order valence-corrected chi connectivity index (χ4v) is 3.26. The average molecular weight is 276 g/mol. The van der Waals surface area contributed by atoms with Gasteiger partial charge in [-0.25, -0.2) is 8.42 Å². The van der Waals surface area contributed by atoms with Gasteiger partial charge in [0.2, 0.25) is 10.0 Å². The molecular formula is C12H18ClNO2S. The Balaban J connectivity index is 2.79. The van der Waals surface area contributed by atoms with E-state index in [1.165, 1.54) is 4.31 Å². The van der Waals surface area contributed by atoms with Gasteiger partial charge >= 0.3 is 0 Å². The minimum atomic E-state index is -3.22. The summed E-state index contributed by atoms with van der Waals surface area (Å²) in [5.74, 6) is 0.469. The highest BCUT2D eigenvalue weighted by Crippen LogP contribution is 2.21. The number of alkyl halides is 1. The van der Waals surface area contributed by atoms with Crippen LogP contribution < -0.4 is 0 Å². The Labute approximate surface area is 108 Å². The van der Waals surface area contributed by atoms with Crippen molar-refractivity contribution in [3.05, 3.63) is 35.9 Å². The van der Waals surface area contributed by atoms with Crippen LogP contribution in [0.3, 0.4) is 0 Å². The molecule has 0 aliphatic heterocycles. The highest BCUT2D eigenvalue weighted by Gasteiger charge is 2.23. The minimum absolute atomic E-state index is 0.101. The molecule has 0 spiro atoms. The molecule has 0 aromatic heterocycles.